The Morgan fingerprint density at radius 1 is 1.17 bits per heavy atom. The normalized spacial score (nSPS) is 10.3. The zero-order chi connectivity index (χ0) is 17.5. The predicted octanol–water partition coefficient (Wildman–Crippen LogP) is 4.65. The lowest BCUT2D eigenvalue weighted by Gasteiger charge is -2.08. The van der Waals surface area contributed by atoms with Gasteiger partial charge in [0.15, 0.2) is 0 Å². The highest BCUT2D eigenvalue weighted by Gasteiger charge is 2.08. The molecule has 126 valence electrons. The van der Waals surface area contributed by atoms with Crippen LogP contribution in [0.25, 0.3) is 0 Å². The van der Waals surface area contributed by atoms with Gasteiger partial charge in [-0.15, -0.1) is 11.8 Å². The van der Waals surface area contributed by atoms with Crippen LogP contribution in [0.4, 0.5) is 5.69 Å². The first kappa shape index (κ1) is 18.6. The van der Waals surface area contributed by atoms with E-state index in [0.29, 0.717) is 27.0 Å². The van der Waals surface area contributed by atoms with Crippen LogP contribution in [0.2, 0.25) is 10.0 Å². The summed E-state index contributed by atoms with van der Waals surface area (Å²) in [6.07, 6.45) is 0. The van der Waals surface area contributed by atoms with Gasteiger partial charge in [-0.05, 0) is 35.9 Å². The molecule has 0 spiro atoms. The summed E-state index contributed by atoms with van der Waals surface area (Å²) >= 11 is 13.3. The van der Waals surface area contributed by atoms with E-state index >= 15 is 0 Å². The smallest absolute Gasteiger partial charge is 0.337 e. The number of carbonyl (C=O) groups is 2. The summed E-state index contributed by atoms with van der Waals surface area (Å²) in [7, 11) is 1.34. The highest BCUT2D eigenvalue weighted by atomic mass is 35.5. The molecule has 0 bridgehead atoms. The summed E-state index contributed by atoms with van der Waals surface area (Å²) in [4.78, 5) is 23.5. The maximum absolute atomic E-state index is 12.0. The maximum atomic E-state index is 12.0. The molecule has 0 radical (unpaired) electrons. The molecule has 2 aromatic rings. The number of anilines is 1. The fourth-order valence-electron chi connectivity index (χ4n) is 1.95. The molecule has 0 aliphatic heterocycles. The molecule has 2 aromatic carbocycles. The molecule has 7 heteroatoms. The quantitative estimate of drug-likeness (QED) is 0.737. The first-order valence-electron chi connectivity index (χ1n) is 6.99. The van der Waals surface area contributed by atoms with Gasteiger partial charge in [-0.2, -0.15) is 0 Å². The minimum atomic E-state index is -0.379. The number of benzene rings is 2. The van der Waals surface area contributed by atoms with Crippen molar-refractivity contribution in [1.82, 2.24) is 0 Å². The van der Waals surface area contributed by atoms with Crippen molar-refractivity contribution in [2.24, 2.45) is 0 Å². The molecule has 24 heavy (non-hydrogen) atoms. The van der Waals surface area contributed by atoms with E-state index in [4.69, 9.17) is 23.2 Å². The minimum absolute atomic E-state index is 0.173. The number of nitrogens with one attached hydrogen (secondary N) is 1. The van der Waals surface area contributed by atoms with E-state index in [9.17, 15) is 9.59 Å². The van der Waals surface area contributed by atoms with Crippen molar-refractivity contribution in [2.45, 2.75) is 5.75 Å². The lowest BCUT2D eigenvalue weighted by Crippen LogP contribution is -2.14. The van der Waals surface area contributed by atoms with Crippen LogP contribution in [0.1, 0.15) is 15.9 Å². The van der Waals surface area contributed by atoms with Gasteiger partial charge in [0.2, 0.25) is 5.91 Å². The summed E-state index contributed by atoms with van der Waals surface area (Å²) in [6.45, 7) is 0. The van der Waals surface area contributed by atoms with E-state index in [-0.39, 0.29) is 17.6 Å². The van der Waals surface area contributed by atoms with Gasteiger partial charge in [0.1, 0.15) is 0 Å². The van der Waals surface area contributed by atoms with Crippen molar-refractivity contribution in [2.75, 3.05) is 18.2 Å². The van der Waals surface area contributed by atoms with Gasteiger partial charge in [-0.25, -0.2) is 4.79 Å². The highest BCUT2D eigenvalue weighted by Crippen LogP contribution is 2.25. The SMILES string of the molecule is COC(=O)c1cccc(CSCC(=O)Nc2cc(Cl)ccc2Cl)c1. The average Bonchev–Trinajstić information content (AvgIpc) is 2.57. The second-order valence-electron chi connectivity index (χ2n) is 4.86. The Morgan fingerprint density at radius 2 is 1.96 bits per heavy atom. The van der Waals surface area contributed by atoms with Gasteiger partial charge in [-0.3, -0.25) is 4.79 Å². The summed E-state index contributed by atoms with van der Waals surface area (Å²) in [5.41, 5.74) is 1.92. The maximum Gasteiger partial charge on any atom is 0.337 e. The van der Waals surface area contributed by atoms with Crippen LogP contribution in [0.5, 0.6) is 0 Å². The number of methoxy groups -OCH3 is 1. The third-order valence-electron chi connectivity index (χ3n) is 3.05. The van der Waals surface area contributed by atoms with E-state index in [1.54, 1.807) is 36.4 Å². The topological polar surface area (TPSA) is 55.4 Å². The van der Waals surface area contributed by atoms with Gasteiger partial charge < -0.3 is 10.1 Å². The number of hydrogen-bond acceptors (Lipinski definition) is 4. The van der Waals surface area contributed by atoms with Crippen LogP contribution in [-0.2, 0) is 15.3 Å². The standard InChI is InChI=1S/C17H15Cl2NO3S/c1-23-17(22)12-4-2-3-11(7-12)9-24-10-16(21)20-15-8-13(18)5-6-14(15)19/h2-8H,9-10H2,1H3,(H,20,21). The zero-order valence-corrected chi connectivity index (χ0v) is 15.2. The van der Waals surface area contributed by atoms with Gasteiger partial charge in [0.05, 0.1) is 29.1 Å². The number of thioether (sulfide) groups is 1. The van der Waals surface area contributed by atoms with Crippen molar-refractivity contribution in [3.05, 3.63) is 63.6 Å². The molecule has 1 amide bonds. The van der Waals surface area contributed by atoms with Crippen molar-refractivity contribution >= 4 is 52.5 Å². The van der Waals surface area contributed by atoms with Crippen molar-refractivity contribution in [1.29, 1.82) is 0 Å². The van der Waals surface area contributed by atoms with E-state index in [1.807, 2.05) is 6.07 Å². The molecule has 0 aromatic heterocycles. The van der Waals surface area contributed by atoms with Crippen molar-refractivity contribution in [3.63, 3.8) is 0 Å². The number of carbonyl (C=O) groups excluding carboxylic acids is 2. The number of rotatable bonds is 6. The molecule has 0 saturated heterocycles. The third-order valence-corrected chi connectivity index (χ3v) is 4.62. The Bertz CT molecular complexity index is 752. The molecular formula is C17H15Cl2NO3S. The van der Waals surface area contributed by atoms with Crippen molar-refractivity contribution in [3.8, 4) is 0 Å². The molecule has 0 fully saturated rings. The monoisotopic (exact) mass is 383 g/mol. The van der Waals surface area contributed by atoms with E-state index in [2.05, 4.69) is 10.1 Å². The molecule has 4 nitrogen and oxygen atoms in total. The van der Waals surface area contributed by atoms with Gasteiger partial charge in [-0.1, -0.05) is 35.3 Å². The Balaban J connectivity index is 1.86. The number of esters is 1. The van der Waals surface area contributed by atoms with Crippen LogP contribution in [0.15, 0.2) is 42.5 Å². The molecule has 0 atom stereocenters. The van der Waals surface area contributed by atoms with Crippen LogP contribution in [0, 0.1) is 0 Å². The highest BCUT2D eigenvalue weighted by molar-refractivity contribution is 7.99. The van der Waals surface area contributed by atoms with Gasteiger partial charge in [0.25, 0.3) is 0 Å². The van der Waals surface area contributed by atoms with Crippen molar-refractivity contribution < 1.29 is 14.3 Å². The predicted molar refractivity (Wildman–Crippen MR) is 99.0 cm³/mol. The molecule has 2 rings (SSSR count). The first-order chi connectivity index (χ1) is 11.5. The number of hydrogen-bond donors (Lipinski definition) is 1. The van der Waals surface area contributed by atoms with E-state index < -0.39 is 0 Å². The largest absolute Gasteiger partial charge is 0.465 e. The van der Waals surface area contributed by atoms with Gasteiger partial charge in [0, 0.05) is 10.8 Å². The van der Waals surface area contributed by atoms with Crippen LogP contribution >= 0.6 is 35.0 Å². The second kappa shape index (κ2) is 8.97. The van der Waals surface area contributed by atoms with Crippen LogP contribution in [-0.4, -0.2) is 24.7 Å². The molecule has 0 saturated carbocycles. The molecule has 0 heterocycles. The van der Waals surface area contributed by atoms with Crippen LogP contribution in [0.3, 0.4) is 0 Å². The molecule has 0 aliphatic rings. The Labute approximate surface area is 154 Å². The lowest BCUT2D eigenvalue weighted by atomic mass is 10.1. The minimum Gasteiger partial charge on any atom is -0.465 e. The zero-order valence-electron chi connectivity index (χ0n) is 12.8. The Kier molecular flexibility index (Phi) is 6.97. The number of amides is 1. The number of ether oxygens (including phenoxy) is 1. The van der Waals surface area contributed by atoms with E-state index in [0.717, 1.165) is 5.56 Å². The summed E-state index contributed by atoms with van der Waals surface area (Å²) in [5, 5.41) is 3.66. The summed E-state index contributed by atoms with van der Waals surface area (Å²) < 4.78 is 4.69. The molecule has 0 unspecified atom stereocenters. The molecular weight excluding hydrogens is 369 g/mol. The van der Waals surface area contributed by atoms with E-state index in [1.165, 1.54) is 18.9 Å². The Morgan fingerprint density at radius 3 is 2.71 bits per heavy atom. The molecule has 0 aliphatic carbocycles. The lowest BCUT2D eigenvalue weighted by molar-refractivity contribution is -0.113. The van der Waals surface area contributed by atoms with Gasteiger partial charge >= 0.3 is 5.97 Å². The molecule has 1 N–H and O–H groups in total. The first-order valence-corrected chi connectivity index (χ1v) is 8.90. The number of halogens is 2. The average molecular weight is 384 g/mol. The second-order valence-corrected chi connectivity index (χ2v) is 6.69. The van der Waals surface area contributed by atoms with Crippen LogP contribution < -0.4 is 5.32 Å². The summed E-state index contributed by atoms with van der Waals surface area (Å²) in [6, 6.07) is 12.0. The summed E-state index contributed by atoms with van der Waals surface area (Å²) in [5.74, 6) is 0.302. The Hall–Kier alpha value is -1.69. The fraction of sp³-hybridized carbons (Fsp3) is 0.176. The fourth-order valence-corrected chi connectivity index (χ4v) is 3.06. The third kappa shape index (κ3) is 5.44.